The van der Waals surface area contributed by atoms with Crippen molar-refractivity contribution in [3.05, 3.63) is 11.7 Å². The molecule has 0 aliphatic carbocycles. The zero-order valence-corrected chi connectivity index (χ0v) is 12.1. The molecular formula is C12H21N5OS. The number of nitrogens with two attached hydrogens (primary N) is 1. The lowest BCUT2D eigenvalue weighted by molar-refractivity contribution is 0.00781. The Bertz CT molecular complexity index is 418. The number of hydrogen-bond donors (Lipinski definition) is 1. The van der Waals surface area contributed by atoms with E-state index in [-0.39, 0.29) is 12.1 Å². The van der Waals surface area contributed by atoms with Crippen molar-refractivity contribution in [2.24, 2.45) is 5.73 Å². The Morgan fingerprint density at radius 1 is 1.42 bits per heavy atom. The molecular weight excluding hydrogens is 262 g/mol. The normalized spacial score (nSPS) is 31.6. The van der Waals surface area contributed by atoms with Gasteiger partial charge in [0.05, 0.1) is 12.1 Å². The average Bonchev–Trinajstić information content (AvgIpc) is 2.95. The fourth-order valence-corrected chi connectivity index (χ4v) is 3.25. The molecule has 2 N–H and O–H groups in total. The molecule has 106 valence electrons. The van der Waals surface area contributed by atoms with Crippen LogP contribution in [0.15, 0.2) is 4.52 Å². The Hall–Kier alpha value is -0.630. The molecule has 0 amide bonds. The molecule has 7 heteroatoms. The van der Waals surface area contributed by atoms with Crippen molar-refractivity contribution in [1.29, 1.82) is 0 Å². The Balaban J connectivity index is 1.67. The summed E-state index contributed by atoms with van der Waals surface area (Å²) in [4.78, 5) is 9.44. The van der Waals surface area contributed by atoms with E-state index in [0.717, 1.165) is 50.7 Å². The number of thioether (sulfide) groups is 1. The van der Waals surface area contributed by atoms with Crippen LogP contribution in [0.1, 0.15) is 30.2 Å². The van der Waals surface area contributed by atoms with E-state index in [2.05, 4.69) is 26.2 Å². The highest BCUT2D eigenvalue weighted by molar-refractivity contribution is 7.98. The molecule has 3 aliphatic heterocycles. The molecule has 1 aromatic heterocycles. The highest BCUT2D eigenvalue weighted by atomic mass is 32.2. The second-order valence-electron chi connectivity index (χ2n) is 5.23. The molecule has 19 heavy (non-hydrogen) atoms. The van der Waals surface area contributed by atoms with Crippen LogP contribution in [0.5, 0.6) is 0 Å². The van der Waals surface area contributed by atoms with E-state index in [1.54, 1.807) is 11.8 Å². The van der Waals surface area contributed by atoms with E-state index in [9.17, 15) is 0 Å². The Labute approximate surface area is 117 Å². The van der Waals surface area contributed by atoms with Crippen molar-refractivity contribution < 1.29 is 4.52 Å². The topological polar surface area (TPSA) is 71.4 Å². The molecule has 3 aliphatic rings. The van der Waals surface area contributed by atoms with Crippen LogP contribution in [-0.4, -0.2) is 64.7 Å². The van der Waals surface area contributed by atoms with Crippen LogP contribution in [-0.2, 0) is 0 Å². The van der Waals surface area contributed by atoms with E-state index in [1.165, 1.54) is 0 Å². The minimum Gasteiger partial charge on any atom is -0.338 e. The predicted octanol–water partition coefficient (Wildman–Crippen LogP) is 0.495. The Morgan fingerprint density at radius 3 is 2.84 bits per heavy atom. The van der Waals surface area contributed by atoms with Crippen LogP contribution < -0.4 is 5.73 Å². The van der Waals surface area contributed by atoms with E-state index < -0.39 is 0 Å². The van der Waals surface area contributed by atoms with Gasteiger partial charge in [0.2, 0.25) is 5.89 Å². The van der Waals surface area contributed by atoms with E-state index >= 15 is 0 Å². The SMILES string of the molecule is CSCC[C@H](N)c1nc(C2CN3CCN2CC3)no1. The van der Waals surface area contributed by atoms with Gasteiger partial charge in [0.15, 0.2) is 5.82 Å². The number of hydrogen-bond acceptors (Lipinski definition) is 7. The quantitative estimate of drug-likeness (QED) is 0.843. The van der Waals surface area contributed by atoms with Crippen LogP contribution in [0.25, 0.3) is 0 Å². The Kier molecular flexibility index (Phi) is 4.07. The predicted molar refractivity (Wildman–Crippen MR) is 75.0 cm³/mol. The fourth-order valence-electron chi connectivity index (χ4n) is 2.76. The molecule has 0 radical (unpaired) electrons. The third-order valence-corrected chi connectivity index (χ3v) is 4.63. The number of piperazine rings is 3. The minimum absolute atomic E-state index is 0.134. The van der Waals surface area contributed by atoms with Crippen LogP contribution in [0.4, 0.5) is 0 Å². The molecule has 3 saturated heterocycles. The summed E-state index contributed by atoms with van der Waals surface area (Å²) in [5.74, 6) is 2.41. The minimum atomic E-state index is -0.134. The first-order chi connectivity index (χ1) is 9.28. The molecule has 6 nitrogen and oxygen atoms in total. The monoisotopic (exact) mass is 283 g/mol. The number of rotatable bonds is 5. The third kappa shape index (κ3) is 2.79. The zero-order valence-electron chi connectivity index (χ0n) is 11.3. The van der Waals surface area contributed by atoms with Gasteiger partial charge in [0.25, 0.3) is 0 Å². The van der Waals surface area contributed by atoms with Gasteiger partial charge in [-0.3, -0.25) is 9.80 Å². The van der Waals surface area contributed by atoms with Crippen molar-refractivity contribution in [2.45, 2.75) is 18.5 Å². The average molecular weight is 283 g/mol. The first-order valence-electron chi connectivity index (χ1n) is 6.82. The van der Waals surface area contributed by atoms with Crippen molar-refractivity contribution in [3.63, 3.8) is 0 Å². The number of nitrogens with zero attached hydrogens (tertiary/aromatic N) is 4. The van der Waals surface area contributed by atoms with Crippen LogP contribution in [0.2, 0.25) is 0 Å². The molecule has 3 fully saturated rings. The maximum Gasteiger partial charge on any atom is 0.243 e. The molecule has 2 atom stereocenters. The van der Waals surface area contributed by atoms with Crippen molar-refractivity contribution >= 4 is 11.8 Å². The van der Waals surface area contributed by atoms with Gasteiger partial charge in [0.1, 0.15) is 0 Å². The molecule has 1 unspecified atom stereocenters. The summed E-state index contributed by atoms with van der Waals surface area (Å²) >= 11 is 1.78. The van der Waals surface area contributed by atoms with Crippen LogP contribution >= 0.6 is 11.8 Å². The lowest BCUT2D eigenvalue weighted by Crippen LogP contribution is -2.57. The standard InChI is InChI=1S/C12H21N5OS/c1-19-7-2-9(13)12-14-11(15-18-12)10-8-16-3-5-17(10)6-4-16/h9-10H,2-8,13H2,1H3/t9-,10?/m0/s1. The maximum atomic E-state index is 6.07. The Morgan fingerprint density at radius 2 is 2.21 bits per heavy atom. The first-order valence-corrected chi connectivity index (χ1v) is 8.21. The molecule has 1 aromatic rings. The summed E-state index contributed by atoms with van der Waals surface area (Å²) < 4.78 is 5.34. The maximum absolute atomic E-state index is 6.07. The summed E-state index contributed by atoms with van der Waals surface area (Å²) in [7, 11) is 0. The van der Waals surface area contributed by atoms with Crippen molar-refractivity contribution in [3.8, 4) is 0 Å². The van der Waals surface area contributed by atoms with Crippen molar-refractivity contribution in [2.75, 3.05) is 44.7 Å². The zero-order chi connectivity index (χ0) is 13.2. The van der Waals surface area contributed by atoms with Crippen LogP contribution in [0, 0.1) is 0 Å². The number of fused-ring (bicyclic) bond motifs is 3. The van der Waals surface area contributed by atoms with Gasteiger partial charge < -0.3 is 10.3 Å². The summed E-state index contributed by atoms with van der Waals surface area (Å²) in [5.41, 5.74) is 6.07. The lowest BCUT2D eigenvalue weighted by Gasteiger charge is -2.46. The molecule has 0 spiro atoms. The van der Waals surface area contributed by atoms with Gasteiger partial charge in [-0.1, -0.05) is 5.16 Å². The fraction of sp³-hybridized carbons (Fsp3) is 0.833. The van der Waals surface area contributed by atoms with Gasteiger partial charge in [0, 0.05) is 32.7 Å². The smallest absolute Gasteiger partial charge is 0.243 e. The summed E-state index contributed by atoms with van der Waals surface area (Å²) in [6, 6.07) is 0.150. The van der Waals surface area contributed by atoms with Crippen molar-refractivity contribution in [1.82, 2.24) is 19.9 Å². The van der Waals surface area contributed by atoms with Gasteiger partial charge >= 0.3 is 0 Å². The second-order valence-corrected chi connectivity index (χ2v) is 6.22. The van der Waals surface area contributed by atoms with E-state index in [0.29, 0.717) is 5.89 Å². The summed E-state index contributed by atoms with van der Waals surface area (Å²) in [5, 5.41) is 4.15. The number of aromatic nitrogens is 2. The second kappa shape index (κ2) is 5.78. The largest absolute Gasteiger partial charge is 0.338 e. The van der Waals surface area contributed by atoms with E-state index in [4.69, 9.17) is 10.3 Å². The molecule has 4 rings (SSSR count). The highest BCUT2D eigenvalue weighted by Gasteiger charge is 2.35. The molecule has 4 heterocycles. The summed E-state index contributed by atoms with van der Waals surface area (Å²) in [6.45, 7) is 5.54. The first kappa shape index (κ1) is 13.4. The summed E-state index contributed by atoms with van der Waals surface area (Å²) in [6.07, 6.45) is 2.95. The highest BCUT2D eigenvalue weighted by Crippen LogP contribution is 2.27. The van der Waals surface area contributed by atoms with Gasteiger partial charge in [-0.25, -0.2) is 0 Å². The van der Waals surface area contributed by atoms with Gasteiger partial charge in [-0.15, -0.1) is 0 Å². The lowest BCUT2D eigenvalue weighted by atomic mass is 10.1. The van der Waals surface area contributed by atoms with Crippen LogP contribution in [0.3, 0.4) is 0 Å². The van der Waals surface area contributed by atoms with Gasteiger partial charge in [-0.2, -0.15) is 16.7 Å². The third-order valence-electron chi connectivity index (χ3n) is 3.98. The van der Waals surface area contributed by atoms with Gasteiger partial charge in [-0.05, 0) is 18.4 Å². The molecule has 2 bridgehead atoms. The molecule has 0 aromatic carbocycles. The van der Waals surface area contributed by atoms with E-state index in [1.807, 2.05) is 0 Å². The molecule has 0 saturated carbocycles.